The summed E-state index contributed by atoms with van der Waals surface area (Å²) in [6, 6.07) is -1.76. The standard InChI is InChI=1S/C9H13NO6/c1-9(2,3)16-10-6(8(14)15)5(4-11)7(12)13/h6,10H,1-3H3,(H,12,13)(H,14,15)/t6-/m0/s1. The van der Waals surface area contributed by atoms with Crippen molar-refractivity contribution in [2.24, 2.45) is 0 Å². The molecule has 0 saturated heterocycles. The lowest BCUT2D eigenvalue weighted by Crippen LogP contribution is -2.44. The molecule has 0 aromatic heterocycles. The molecule has 3 N–H and O–H groups in total. The maximum Gasteiger partial charge on any atom is 0.345 e. The molecule has 0 spiro atoms. The number of hydrogen-bond acceptors (Lipinski definition) is 5. The van der Waals surface area contributed by atoms with E-state index in [0.717, 1.165) is 5.94 Å². The highest BCUT2D eigenvalue weighted by atomic mass is 16.7. The average molecular weight is 231 g/mol. The molecule has 0 bridgehead atoms. The predicted molar refractivity (Wildman–Crippen MR) is 52.2 cm³/mol. The van der Waals surface area contributed by atoms with Crippen LogP contribution < -0.4 is 5.48 Å². The molecule has 7 heteroatoms. The average Bonchev–Trinajstić information content (AvgIpc) is 2.08. The van der Waals surface area contributed by atoms with Gasteiger partial charge in [0.25, 0.3) is 0 Å². The molecule has 0 rings (SSSR count). The summed E-state index contributed by atoms with van der Waals surface area (Å²) in [4.78, 5) is 36.5. The fourth-order valence-corrected chi connectivity index (χ4v) is 0.695. The first-order chi connectivity index (χ1) is 7.19. The van der Waals surface area contributed by atoms with Crippen LogP contribution in [0.3, 0.4) is 0 Å². The van der Waals surface area contributed by atoms with Gasteiger partial charge in [-0.25, -0.2) is 9.59 Å². The van der Waals surface area contributed by atoms with Crippen LogP contribution in [0.2, 0.25) is 0 Å². The van der Waals surface area contributed by atoms with Gasteiger partial charge in [0.05, 0.1) is 5.60 Å². The molecule has 0 aliphatic rings. The van der Waals surface area contributed by atoms with Gasteiger partial charge < -0.3 is 10.2 Å². The van der Waals surface area contributed by atoms with E-state index in [1.807, 2.05) is 5.48 Å². The second-order valence-corrected chi connectivity index (χ2v) is 3.92. The lowest BCUT2D eigenvalue weighted by atomic mass is 10.1. The van der Waals surface area contributed by atoms with E-state index in [0.29, 0.717) is 0 Å². The van der Waals surface area contributed by atoms with E-state index >= 15 is 0 Å². The van der Waals surface area contributed by atoms with Crippen molar-refractivity contribution in [2.75, 3.05) is 0 Å². The first-order valence-corrected chi connectivity index (χ1v) is 4.33. The fourth-order valence-electron chi connectivity index (χ4n) is 0.695. The normalized spacial score (nSPS) is 12.7. The summed E-state index contributed by atoms with van der Waals surface area (Å²) >= 11 is 0. The van der Waals surface area contributed by atoms with Crippen molar-refractivity contribution in [1.29, 1.82) is 0 Å². The number of carboxylic acids is 2. The van der Waals surface area contributed by atoms with Crippen LogP contribution >= 0.6 is 0 Å². The second kappa shape index (κ2) is 5.41. The van der Waals surface area contributed by atoms with Crippen LogP contribution in [0.4, 0.5) is 0 Å². The molecular formula is C9H13NO6. The van der Waals surface area contributed by atoms with Crippen molar-refractivity contribution in [3.05, 3.63) is 5.57 Å². The minimum Gasteiger partial charge on any atom is -0.480 e. The van der Waals surface area contributed by atoms with Gasteiger partial charge in [-0.3, -0.25) is 9.63 Å². The Bertz CT molecular complexity index is 336. The maximum absolute atomic E-state index is 10.7. The van der Waals surface area contributed by atoms with Crippen molar-refractivity contribution in [1.82, 2.24) is 5.48 Å². The van der Waals surface area contributed by atoms with Gasteiger partial charge in [-0.05, 0) is 20.8 Å². The Morgan fingerprint density at radius 1 is 1.31 bits per heavy atom. The Labute approximate surface area is 91.7 Å². The van der Waals surface area contributed by atoms with Crippen molar-refractivity contribution in [3.8, 4) is 0 Å². The number of rotatable bonds is 5. The van der Waals surface area contributed by atoms with Crippen LogP contribution in [0, 0.1) is 0 Å². The summed E-state index contributed by atoms with van der Waals surface area (Å²) in [7, 11) is 0. The second-order valence-electron chi connectivity index (χ2n) is 3.92. The minimum atomic E-state index is -1.76. The summed E-state index contributed by atoms with van der Waals surface area (Å²) in [6.45, 7) is 4.89. The Kier molecular flexibility index (Phi) is 4.84. The van der Waals surface area contributed by atoms with E-state index in [9.17, 15) is 14.4 Å². The highest BCUT2D eigenvalue weighted by Crippen LogP contribution is 2.07. The summed E-state index contributed by atoms with van der Waals surface area (Å²) in [5, 5.41) is 17.3. The van der Waals surface area contributed by atoms with E-state index in [-0.39, 0.29) is 0 Å². The van der Waals surface area contributed by atoms with Gasteiger partial charge in [0, 0.05) is 0 Å². The molecule has 0 aromatic rings. The summed E-state index contributed by atoms with van der Waals surface area (Å²) < 4.78 is 0. The molecule has 0 saturated carbocycles. The lowest BCUT2D eigenvalue weighted by Gasteiger charge is -2.22. The van der Waals surface area contributed by atoms with Crippen LogP contribution in [-0.2, 0) is 19.2 Å². The third-order valence-electron chi connectivity index (χ3n) is 1.36. The maximum atomic E-state index is 10.7. The Hall–Kier alpha value is -1.69. The van der Waals surface area contributed by atoms with E-state index < -0.39 is 29.2 Å². The number of carbonyl (C=O) groups is 2. The highest BCUT2D eigenvalue weighted by molar-refractivity contribution is 6.02. The molecule has 0 heterocycles. The molecule has 0 radical (unpaired) electrons. The van der Waals surface area contributed by atoms with E-state index in [1.165, 1.54) is 0 Å². The topological polar surface area (TPSA) is 113 Å². The van der Waals surface area contributed by atoms with Crippen LogP contribution in [0.15, 0.2) is 5.57 Å². The van der Waals surface area contributed by atoms with Crippen LogP contribution in [0.5, 0.6) is 0 Å². The van der Waals surface area contributed by atoms with Gasteiger partial charge in [-0.15, -0.1) is 0 Å². The monoisotopic (exact) mass is 231 g/mol. The molecule has 7 nitrogen and oxygen atoms in total. The highest BCUT2D eigenvalue weighted by Gasteiger charge is 2.30. The first kappa shape index (κ1) is 14.3. The molecule has 90 valence electrons. The number of nitrogens with one attached hydrogen (secondary N) is 1. The SMILES string of the molecule is CC(C)(C)ON[C@H](C(=O)O)C(=C=O)C(=O)O. The number of hydrogen-bond donors (Lipinski definition) is 3. The largest absolute Gasteiger partial charge is 0.480 e. The van der Waals surface area contributed by atoms with Gasteiger partial charge in [-0.2, -0.15) is 5.48 Å². The molecule has 0 amide bonds. The molecule has 0 aliphatic carbocycles. The Balaban J connectivity index is 4.83. The van der Waals surface area contributed by atoms with Crippen LogP contribution in [-0.4, -0.2) is 39.7 Å². The number of aliphatic carboxylic acids is 2. The van der Waals surface area contributed by atoms with Crippen molar-refractivity contribution in [2.45, 2.75) is 32.4 Å². The van der Waals surface area contributed by atoms with Crippen LogP contribution in [0.1, 0.15) is 20.8 Å². The molecule has 0 fully saturated rings. The van der Waals surface area contributed by atoms with Gasteiger partial charge in [-0.1, -0.05) is 0 Å². The van der Waals surface area contributed by atoms with Crippen molar-refractivity contribution in [3.63, 3.8) is 0 Å². The molecule has 16 heavy (non-hydrogen) atoms. The minimum absolute atomic E-state index is 0.722. The first-order valence-electron chi connectivity index (χ1n) is 4.33. The molecular weight excluding hydrogens is 218 g/mol. The van der Waals surface area contributed by atoms with Gasteiger partial charge in [0.2, 0.25) is 0 Å². The molecule has 0 aliphatic heterocycles. The predicted octanol–water partition coefficient (Wildman–Crippen LogP) is -0.398. The summed E-state index contributed by atoms with van der Waals surface area (Å²) in [6.07, 6.45) is 0. The third kappa shape index (κ3) is 4.70. The number of hydroxylamine groups is 1. The van der Waals surface area contributed by atoms with E-state index in [2.05, 4.69) is 0 Å². The van der Waals surface area contributed by atoms with Gasteiger partial charge in [0.15, 0.2) is 11.6 Å². The smallest absolute Gasteiger partial charge is 0.345 e. The van der Waals surface area contributed by atoms with Gasteiger partial charge in [0.1, 0.15) is 5.94 Å². The van der Waals surface area contributed by atoms with E-state index in [1.54, 1.807) is 20.8 Å². The Morgan fingerprint density at radius 2 is 1.81 bits per heavy atom. The summed E-state index contributed by atoms with van der Waals surface area (Å²) in [5.74, 6) is -2.13. The lowest BCUT2D eigenvalue weighted by molar-refractivity contribution is -0.151. The number of carboxylic acid groups (broad SMARTS) is 2. The zero-order valence-corrected chi connectivity index (χ0v) is 9.10. The van der Waals surface area contributed by atoms with Crippen molar-refractivity contribution >= 4 is 17.9 Å². The third-order valence-corrected chi connectivity index (χ3v) is 1.36. The number of carbonyl (C=O) groups excluding carboxylic acids is 1. The van der Waals surface area contributed by atoms with Crippen LogP contribution in [0.25, 0.3) is 0 Å². The fraction of sp³-hybridized carbons (Fsp3) is 0.556. The quantitative estimate of drug-likeness (QED) is 0.335. The molecule has 0 aromatic carbocycles. The zero-order valence-electron chi connectivity index (χ0n) is 9.10. The Morgan fingerprint density at radius 3 is 2.06 bits per heavy atom. The van der Waals surface area contributed by atoms with Gasteiger partial charge >= 0.3 is 11.9 Å². The van der Waals surface area contributed by atoms with Crippen molar-refractivity contribution < 1.29 is 29.4 Å². The molecule has 1 atom stereocenters. The summed E-state index contributed by atoms with van der Waals surface area (Å²) in [5.41, 5.74) is 0.342. The van der Waals surface area contributed by atoms with E-state index in [4.69, 9.17) is 15.1 Å². The molecule has 0 unspecified atom stereocenters. The zero-order chi connectivity index (χ0) is 12.9.